The lowest BCUT2D eigenvalue weighted by Crippen LogP contribution is -2.58. The first-order valence-corrected chi connectivity index (χ1v) is 11.3. The maximum Gasteiger partial charge on any atom is 0.251 e. The van der Waals surface area contributed by atoms with Gasteiger partial charge in [-0.3, -0.25) is 9.59 Å². The van der Waals surface area contributed by atoms with Crippen LogP contribution in [0.4, 0.5) is 5.69 Å². The van der Waals surface area contributed by atoms with Crippen LogP contribution in [0.25, 0.3) is 4.85 Å². The second-order valence-electron chi connectivity index (χ2n) is 9.97. The molecule has 3 rings (SSSR count). The molecule has 33 heavy (non-hydrogen) atoms. The number of piperidine rings is 1. The molecule has 0 aliphatic carbocycles. The summed E-state index contributed by atoms with van der Waals surface area (Å²) in [7, 11) is 0. The van der Waals surface area contributed by atoms with E-state index in [1.54, 1.807) is 47.4 Å². The standard InChI is InChI=1S/C26H30ClN3O3/c1-24(2)17-30(14-13-26(24,33)19-11-12-21(28-5)20(27)15-19)22(31)16-25(3,4)29-23(32)18-9-7-6-8-10-18/h6-12,15,33H,13-14,16-17H2,1-4H3,(H,29,32). The van der Waals surface area contributed by atoms with Gasteiger partial charge in [0.2, 0.25) is 11.6 Å². The quantitative estimate of drug-likeness (QED) is 0.612. The summed E-state index contributed by atoms with van der Waals surface area (Å²) >= 11 is 6.22. The number of carbonyl (C=O) groups excluding carboxylic acids is 2. The number of hydrogen-bond donors (Lipinski definition) is 2. The van der Waals surface area contributed by atoms with Crippen LogP contribution in [-0.4, -0.2) is 40.4 Å². The van der Waals surface area contributed by atoms with Crippen LogP contribution in [0.2, 0.25) is 5.02 Å². The van der Waals surface area contributed by atoms with Gasteiger partial charge in [-0.05, 0) is 44.0 Å². The molecule has 2 amide bonds. The second kappa shape index (κ2) is 9.17. The first-order valence-electron chi connectivity index (χ1n) is 10.9. The summed E-state index contributed by atoms with van der Waals surface area (Å²) < 4.78 is 0. The van der Waals surface area contributed by atoms with E-state index in [0.29, 0.717) is 41.3 Å². The molecule has 1 unspecified atom stereocenters. The Labute approximate surface area is 200 Å². The highest BCUT2D eigenvalue weighted by Gasteiger charge is 2.50. The lowest BCUT2D eigenvalue weighted by molar-refractivity contribution is -0.154. The van der Waals surface area contributed by atoms with Crippen molar-refractivity contribution in [3.8, 4) is 0 Å². The van der Waals surface area contributed by atoms with E-state index in [1.807, 2.05) is 33.8 Å². The second-order valence-corrected chi connectivity index (χ2v) is 10.4. The minimum Gasteiger partial charge on any atom is -0.384 e. The van der Waals surface area contributed by atoms with Crippen LogP contribution in [0.3, 0.4) is 0 Å². The fourth-order valence-electron chi connectivity index (χ4n) is 4.43. The Balaban J connectivity index is 1.70. The molecular formula is C26H30ClN3O3. The number of hydrogen-bond acceptors (Lipinski definition) is 3. The number of rotatable bonds is 5. The molecular weight excluding hydrogens is 438 g/mol. The highest BCUT2D eigenvalue weighted by Crippen LogP contribution is 2.47. The van der Waals surface area contributed by atoms with Gasteiger partial charge in [0, 0.05) is 41.1 Å². The number of nitrogens with zero attached hydrogens (tertiary/aromatic N) is 2. The van der Waals surface area contributed by atoms with Gasteiger partial charge in [-0.25, -0.2) is 4.85 Å². The zero-order chi connectivity index (χ0) is 24.4. The number of benzene rings is 2. The molecule has 1 fully saturated rings. The Morgan fingerprint density at radius 2 is 1.88 bits per heavy atom. The number of amides is 2. The molecule has 0 aromatic heterocycles. The topological polar surface area (TPSA) is 74.0 Å². The van der Waals surface area contributed by atoms with E-state index >= 15 is 0 Å². The van der Waals surface area contributed by atoms with Gasteiger partial charge < -0.3 is 15.3 Å². The molecule has 1 saturated heterocycles. The maximum atomic E-state index is 13.1. The molecule has 0 radical (unpaired) electrons. The van der Waals surface area contributed by atoms with Crippen LogP contribution in [-0.2, 0) is 10.4 Å². The van der Waals surface area contributed by atoms with Crippen LogP contribution >= 0.6 is 11.6 Å². The molecule has 0 spiro atoms. The molecule has 1 heterocycles. The predicted octanol–water partition coefficient (Wildman–Crippen LogP) is 4.94. The highest BCUT2D eigenvalue weighted by molar-refractivity contribution is 6.33. The van der Waals surface area contributed by atoms with E-state index in [4.69, 9.17) is 18.2 Å². The first-order chi connectivity index (χ1) is 15.4. The van der Waals surface area contributed by atoms with Crippen LogP contribution in [0.1, 0.15) is 56.5 Å². The van der Waals surface area contributed by atoms with Gasteiger partial charge in [0.15, 0.2) is 0 Å². The van der Waals surface area contributed by atoms with Crippen molar-refractivity contribution in [3.05, 3.63) is 76.1 Å². The molecule has 2 N–H and O–H groups in total. The number of likely N-dealkylation sites (tertiary alicyclic amines) is 1. The molecule has 1 aliphatic heterocycles. The highest BCUT2D eigenvalue weighted by atomic mass is 35.5. The average Bonchev–Trinajstić information content (AvgIpc) is 2.75. The Hall–Kier alpha value is -2.88. The van der Waals surface area contributed by atoms with Gasteiger partial charge in [-0.15, -0.1) is 0 Å². The van der Waals surface area contributed by atoms with Gasteiger partial charge in [0.05, 0.1) is 12.2 Å². The molecule has 0 bridgehead atoms. The number of halogens is 1. The molecule has 6 nitrogen and oxygen atoms in total. The molecule has 1 atom stereocenters. The van der Waals surface area contributed by atoms with Crippen molar-refractivity contribution >= 4 is 29.1 Å². The third-order valence-electron chi connectivity index (χ3n) is 6.43. The normalized spacial score (nSPS) is 20.1. The van der Waals surface area contributed by atoms with E-state index < -0.39 is 16.6 Å². The van der Waals surface area contributed by atoms with E-state index in [1.165, 1.54) is 0 Å². The monoisotopic (exact) mass is 467 g/mol. The summed E-state index contributed by atoms with van der Waals surface area (Å²) in [5, 5.41) is 14.9. The predicted molar refractivity (Wildman–Crippen MR) is 129 cm³/mol. The van der Waals surface area contributed by atoms with Gasteiger partial charge in [-0.1, -0.05) is 55.8 Å². The average molecular weight is 468 g/mol. The van der Waals surface area contributed by atoms with E-state index in [9.17, 15) is 14.7 Å². The summed E-state index contributed by atoms with van der Waals surface area (Å²) in [4.78, 5) is 30.8. The zero-order valence-electron chi connectivity index (χ0n) is 19.5. The van der Waals surface area contributed by atoms with E-state index in [2.05, 4.69) is 10.2 Å². The Bertz CT molecular complexity index is 1090. The van der Waals surface area contributed by atoms with Crippen molar-refractivity contribution in [2.45, 2.75) is 51.7 Å². The maximum absolute atomic E-state index is 13.1. The number of nitrogens with one attached hydrogen (secondary N) is 1. The molecule has 0 saturated carbocycles. The fourth-order valence-corrected chi connectivity index (χ4v) is 4.65. The van der Waals surface area contributed by atoms with Gasteiger partial charge in [0.25, 0.3) is 5.91 Å². The lowest BCUT2D eigenvalue weighted by atomic mass is 9.66. The summed E-state index contributed by atoms with van der Waals surface area (Å²) in [5.41, 5.74) is -1.04. The van der Waals surface area contributed by atoms with Gasteiger partial charge in [0.1, 0.15) is 0 Å². The van der Waals surface area contributed by atoms with E-state index in [-0.39, 0.29) is 18.2 Å². The van der Waals surface area contributed by atoms with Gasteiger partial charge >= 0.3 is 0 Å². The minimum atomic E-state index is -1.19. The van der Waals surface area contributed by atoms with Crippen LogP contribution < -0.4 is 5.32 Å². The summed E-state index contributed by atoms with van der Waals surface area (Å²) in [5.74, 6) is -0.300. The Morgan fingerprint density at radius 3 is 2.45 bits per heavy atom. The van der Waals surface area contributed by atoms with Crippen molar-refractivity contribution in [1.82, 2.24) is 10.2 Å². The molecule has 1 aliphatic rings. The third-order valence-corrected chi connectivity index (χ3v) is 6.73. The Kier molecular flexibility index (Phi) is 6.88. The van der Waals surface area contributed by atoms with Crippen LogP contribution in [0.5, 0.6) is 0 Å². The molecule has 2 aromatic rings. The smallest absolute Gasteiger partial charge is 0.251 e. The van der Waals surface area contributed by atoms with Gasteiger partial charge in [-0.2, -0.15) is 0 Å². The molecule has 2 aromatic carbocycles. The summed E-state index contributed by atoms with van der Waals surface area (Å²) in [6.07, 6.45) is 0.488. The van der Waals surface area contributed by atoms with Crippen molar-refractivity contribution in [2.75, 3.05) is 13.1 Å². The zero-order valence-corrected chi connectivity index (χ0v) is 20.2. The van der Waals surface area contributed by atoms with Crippen LogP contribution in [0.15, 0.2) is 48.5 Å². The largest absolute Gasteiger partial charge is 0.384 e. The first kappa shape index (κ1) is 24.8. The van der Waals surface area contributed by atoms with Crippen molar-refractivity contribution in [3.63, 3.8) is 0 Å². The summed E-state index contributed by atoms with van der Waals surface area (Å²) in [6.45, 7) is 15.4. The molecule has 7 heteroatoms. The minimum absolute atomic E-state index is 0.0788. The van der Waals surface area contributed by atoms with E-state index in [0.717, 1.165) is 0 Å². The number of aliphatic hydroxyl groups is 1. The SMILES string of the molecule is [C-]#[N+]c1ccc(C2(O)CCN(C(=O)CC(C)(C)NC(=O)c3ccccc3)CC2(C)C)cc1Cl. The molecule has 174 valence electrons. The van der Waals surface area contributed by atoms with Crippen LogP contribution in [0, 0.1) is 12.0 Å². The fraction of sp³-hybridized carbons (Fsp3) is 0.423. The summed E-state index contributed by atoms with van der Waals surface area (Å²) in [6, 6.07) is 13.9. The number of carbonyl (C=O) groups is 2. The lowest BCUT2D eigenvalue weighted by Gasteiger charge is -2.51. The van der Waals surface area contributed by atoms with Crippen molar-refractivity contribution < 1.29 is 14.7 Å². The van der Waals surface area contributed by atoms with Crippen molar-refractivity contribution in [2.24, 2.45) is 5.41 Å². The third kappa shape index (κ3) is 5.21. The van der Waals surface area contributed by atoms with Crippen molar-refractivity contribution in [1.29, 1.82) is 0 Å². The Morgan fingerprint density at radius 1 is 1.21 bits per heavy atom.